The number of fused-ring (bicyclic) bond motifs is 1. The maximum absolute atomic E-state index is 12.1. The minimum absolute atomic E-state index is 0.0767. The molecule has 0 unspecified atom stereocenters. The lowest BCUT2D eigenvalue weighted by Crippen LogP contribution is -2.27. The van der Waals surface area contributed by atoms with Gasteiger partial charge in [-0.1, -0.05) is 6.92 Å². The molecular weight excluding hydrogens is 338 g/mol. The van der Waals surface area contributed by atoms with Crippen molar-refractivity contribution < 1.29 is 9.90 Å². The molecule has 112 valence electrons. The van der Waals surface area contributed by atoms with E-state index in [1.54, 1.807) is 12.3 Å². The molecule has 6 nitrogen and oxygen atoms in total. The van der Waals surface area contributed by atoms with Gasteiger partial charge in [0.05, 0.1) is 12.1 Å². The molecule has 0 saturated carbocycles. The van der Waals surface area contributed by atoms with Gasteiger partial charge in [-0.15, -0.1) is 0 Å². The first-order valence-corrected chi connectivity index (χ1v) is 7.41. The van der Waals surface area contributed by atoms with Crippen LogP contribution >= 0.6 is 15.9 Å². The number of rotatable bonds is 6. The number of hydrogen-bond donors (Lipinski definition) is 1. The van der Waals surface area contributed by atoms with Gasteiger partial charge >= 0.3 is 5.97 Å². The van der Waals surface area contributed by atoms with E-state index in [4.69, 9.17) is 5.11 Å². The smallest absolute Gasteiger partial charge is 0.304 e. The van der Waals surface area contributed by atoms with Crippen molar-refractivity contribution in [1.82, 2.24) is 14.3 Å². The Morgan fingerprint density at radius 2 is 2.24 bits per heavy atom. The van der Waals surface area contributed by atoms with Crippen molar-refractivity contribution in [1.29, 1.82) is 0 Å². The Labute approximate surface area is 130 Å². The van der Waals surface area contributed by atoms with Crippen molar-refractivity contribution in [3.63, 3.8) is 0 Å². The minimum atomic E-state index is -0.829. The quantitative estimate of drug-likeness (QED) is 0.856. The van der Waals surface area contributed by atoms with E-state index >= 15 is 0 Å². The fraction of sp³-hybridized carbons (Fsp3) is 0.357. The van der Waals surface area contributed by atoms with Crippen LogP contribution in [0.1, 0.15) is 19.0 Å². The lowest BCUT2D eigenvalue weighted by molar-refractivity contribution is -0.137. The first kappa shape index (κ1) is 15.7. The SMILES string of the molecule is CCN(CCC(=O)O)Cc1cc(=O)n2cc(Br)ccc2n1. The van der Waals surface area contributed by atoms with Crippen molar-refractivity contribution in [2.75, 3.05) is 13.1 Å². The van der Waals surface area contributed by atoms with Crippen molar-refractivity contribution in [2.24, 2.45) is 0 Å². The highest BCUT2D eigenvalue weighted by Gasteiger charge is 2.09. The molecule has 0 aliphatic heterocycles. The summed E-state index contributed by atoms with van der Waals surface area (Å²) in [5.41, 5.74) is 1.08. The minimum Gasteiger partial charge on any atom is -0.481 e. The number of carboxylic acids is 1. The van der Waals surface area contributed by atoms with Gasteiger partial charge in [0.2, 0.25) is 0 Å². The summed E-state index contributed by atoms with van der Waals surface area (Å²) in [4.78, 5) is 29.1. The monoisotopic (exact) mass is 353 g/mol. The molecule has 21 heavy (non-hydrogen) atoms. The molecule has 0 aliphatic carbocycles. The molecule has 0 saturated heterocycles. The highest BCUT2D eigenvalue weighted by Crippen LogP contribution is 2.10. The van der Waals surface area contributed by atoms with Crippen molar-refractivity contribution in [3.05, 3.63) is 44.9 Å². The molecule has 2 aromatic rings. The van der Waals surface area contributed by atoms with Crippen LogP contribution in [0, 0.1) is 0 Å². The number of nitrogens with zero attached hydrogens (tertiary/aromatic N) is 3. The number of carbonyl (C=O) groups is 1. The highest BCUT2D eigenvalue weighted by molar-refractivity contribution is 9.10. The molecule has 0 fully saturated rings. The second kappa shape index (κ2) is 6.82. The van der Waals surface area contributed by atoms with E-state index in [1.165, 1.54) is 10.5 Å². The fourth-order valence-corrected chi connectivity index (χ4v) is 2.38. The van der Waals surface area contributed by atoms with Gasteiger partial charge in [0, 0.05) is 29.8 Å². The summed E-state index contributed by atoms with van der Waals surface area (Å²) < 4.78 is 2.28. The number of pyridine rings is 1. The van der Waals surface area contributed by atoms with Crippen LogP contribution in [0.4, 0.5) is 0 Å². The molecule has 0 radical (unpaired) electrons. The molecular formula is C14H16BrN3O3. The lowest BCUT2D eigenvalue weighted by atomic mass is 10.3. The molecule has 0 amide bonds. The maximum atomic E-state index is 12.1. The van der Waals surface area contributed by atoms with Crippen LogP contribution < -0.4 is 5.56 Å². The Hall–Kier alpha value is -1.73. The molecule has 2 rings (SSSR count). The number of aromatic nitrogens is 2. The van der Waals surface area contributed by atoms with Crippen LogP contribution in [0.3, 0.4) is 0 Å². The van der Waals surface area contributed by atoms with Gasteiger partial charge in [0.1, 0.15) is 5.65 Å². The van der Waals surface area contributed by atoms with E-state index in [0.29, 0.717) is 31.0 Å². The summed E-state index contributed by atoms with van der Waals surface area (Å²) in [6.45, 7) is 3.56. The number of aliphatic carboxylic acids is 1. The summed E-state index contributed by atoms with van der Waals surface area (Å²) in [7, 11) is 0. The molecule has 7 heteroatoms. The molecule has 0 bridgehead atoms. The summed E-state index contributed by atoms with van der Waals surface area (Å²) in [6, 6.07) is 5.08. The third-order valence-corrected chi connectivity index (χ3v) is 3.62. The van der Waals surface area contributed by atoms with E-state index < -0.39 is 5.97 Å². The number of hydrogen-bond acceptors (Lipinski definition) is 4. The Morgan fingerprint density at radius 1 is 1.48 bits per heavy atom. The molecule has 0 spiro atoms. The Morgan fingerprint density at radius 3 is 2.90 bits per heavy atom. The predicted octanol–water partition coefficient (Wildman–Crippen LogP) is 1.75. The van der Waals surface area contributed by atoms with Gasteiger partial charge in [-0.3, -0.25) is 18.9 Å². The third kappa shape index (κ3) is 4.12. The lowest BCUT2D eigenvalue weighted by Gasteiger charge is -2.18. The second-order valence-electron chi connectivity index (χ2n) is 4.67. The van der Waals surface area contributed by atoms with Gasteiger partial charge in [0.15, 0.2) is 0 Å². The average Bonchev–Trinajstić information content (AvgIpc) is 2.44. The molecule has 0 atom stereocenters. The highest BCUT2D eigenvalue weighted by atomic mass is 79.9. The summed E-state index contributed by atoms with van der Waals surface area (Å²) >= 11 is 3.32. The molecule has 2 aromatic heterocycles. The average molecular weight is 354 g/mol. The Balaban J connectivity index is 2.24. The van der Waals surface area contributed by atoms with E-state index in [2.05, 4.69) is 20.9 Å². The summed E-state index contributed by atoms with van der Waals surface area (Å²) in [6.07, 6.45) is 1.75. The van der Waals surface area contributed by atoms with Gasteiger partial charge in [-0.25, -0.2) is 4.98 Å². The molecule has 2 heterocycles. The zero-order valence-electron chi connectivity index (χ0n) is 11.6. The van der Waals surface area contributed by atoms with Crippen LogP contribution in [0.15, 0.2) is 33.7 Å². The van der Waals surface area contributed by atoms with Crippen LogP contribution in [-0.2, 0) is 11.3 Å². The fourth-order valence-electron chi connectivity index (χ4n) is 2.04. The van der Waals surface area contributed by atoms with Crippen LogP contribution in [0.5, 0.6) is 0 Å². The van der Waals surface area contributed by atoms with Gasteiger partial charge in [-0.05, 0) is 34.6 Å². The van der Waals surface area contributed by atoms with Gasteiger partial charge in [0.25, 0.3) is 5.56 Å². The van der Waals surface area contributed by atoms with Crippen LogP contribution in [-0.4, -0.2) is 38.4 Å². The van der Waals surface area contributed by atoms with E-state index in [-0.39, 0.29) is 12.0 Å². The predicted molar refractivity (Wildman–Crippen MR) is 82.4 cm³/mol. The maximum Gasteiger partial charge on any atom is 0.304 e. The Bertz CT molecular complexity index is 714. The van der Waals surface area contributed by atoms with Crippen LogP contribution in [0.2, 0.25) is 0 Å². The van der Waals surface area contributed by atoms with Crippen molar-refractivity contribution in [2.45, 2.75) is 19.9 Å². The van der Waals surface area contributed by atoms with E-state index in [0.717, 1.165) is 4.47 Å². The number of halogens is 1. The van der Waals surface area contributed by atoms with Crippen molar-refractivity contribution in [3.8, 4) is 0 Å². The van der Waals surface area contributed by atoms with E-state index in [1.807, 2.05) is 17.9 Å². The standard InChI is InChI=1S/C14H16BrN3O3/c1-2-17(6-5-14(20)21)9-11-7-13(19)18-8-10(15)3-4-12(18)16-11/h3-4,7-8H,2,5-6,9H2,1H3,(H,20,21). The first-order valence-electron chi connectivity index (χ1n) is 6.61. The van der Waals surface area contributed by atoms with Crippen molar-refractivity contribution >= 4 is 27.5 Å². The topological polar surface area (TPSA) is 74.9 Å². The zero-order valence-corrected chi connectivity index (χ0v) is 13.2. The number of carboxylic acid groups (broad SMARTS) is 1. The van der Waals surface area contributed by atoms with Gasteiger partial charge < -0.3 is 5.11 Å². The van der Waals surface area contributed by atoms with Gasteiger partial charge in [-0.2, -0.15) is 0 Å². The summed E-state index contributed by atoms with van der Waals surface area (Å²) in [5, 5.41) is 8.74. The Kier molecular flexibility index (Phi) is 5.08. The van der Waals surface area contributed by atoms with E-state index in [9.17, 15) is 9.59 Å². The normalized spacial score (nSPS) is 11.2. The zero-order chi connectivity index (χ0) is 15.4. The third-order valence-electron chi connectivity index (χ3n) is 3.15. The molecule has 0 aliphatic rings. The largest absolute Gasteiger partial charge is 0.481 e. The molecule has 1 N–H and O–H groups in total. The summed E-state index contributed by atoms with van der Waals surface area (Å²) in [5.74, 6) is -0.829. The first-order chi connectivity index (χ1) is 9.99. The molecule has 0 aromatic carbocycles. The second-order valence-corrected chi connectivity index (χ2v) is 5.59. The van der Waals surface area contributed by atoms with Crippen LogP contribution in [0.25, 0.3) is 5.65 Å².